The maximum Gasteiger partial charge on any atom is 0.309 e. The fourth-order valence-electron chi connectivity index (χ4n) is 2.62. The number of rotatable bonds is 10. The van der Waals surface area contributed by atoms with Crippen LogP contribution >= 0.6 is 0 Å². The van der Waals surface area contributed by atoms with Gasteiger partial charge >= 0.3 is 5.97 Å². The van der Waals surface area contributed by atoms with Crippen LogP contribution < -0.4 is 0 Å². The molecule has 0 amide bonds. The third-order valence-electron chi connectivity index (χ3n) is 4.30. The molecule has 3 nitrogen and oxygen atoms in total. The van der Waals surface area contributed by atoms with Gasteiger partial charge in [-0.25, -0.2) is 0 Å². The largest absolute Gasteiger partial charge is 0.464 e. The van der Waals surface area contributed by atoms with E-state index in [1.807, 2.05) is 0 Å². The van der Waals surface area contributed by atoms with Crippen molar-refractivity contribution in [3.63, 3.8) is 0 Å². The van der Waals surface area contributed by atoms with E-state index in [-0.39, 0.29) is 11.9 Å². The summed E-state index contributed by atoms with van der Waals surface area (Å²) < 4.78 is 5.51. The van der Waals surface area contributed by atoms with Crippen molar-refractivity contribution in [3.8, 4) is 0 Å². The van der Waals surface area contributed by atoms with Gasteiger partial charge in [0.15, 0.2) is 0 Å². The number of nitrogens with zero attached hydrogens (tertiary/aromatic N) is 1. The molecule has 1 rings (SSSR count). The van der Waals surface area contributed by atoms with Crippen molar-refractivity contribution in [2.45, 2.75) is 59.8 Å². The second kappa shape index (κ2) is 10.8. The molecule has 0 N–H and O–H groups in total. The lowest BCUT2D eigenvalue weighted by Crippen LogP contribution is -2.32. The standard InChI is InChI=1S/C19H35NO2/c1-16(2)10-12-20(13-11-17(3)4)14-15-22-19(21)18-8-6-5-7-9-18/h5-6,16-18H,7-15H2,1-4H3. The Hall–Kier alpha value is -0.830. The molecule has 1 aliphatic carbocycles. The molecule has 0 saturated carbocycles. The van der Waals surface area contributed by atoms with Crippen molar-refractivity contribution in [2.75, 3.05) is 26.2 Å². The monoisotopic (exact) mass is 309 g/mol. The van der Waals surface area contributed by atoms with Crippen molar-refractivity contribution in [1.82, 2.24) is 4.90 Å². The van der Waals surface area contributed by atoms with Crippen LogP contribution in [0.1, 0.15) is 59.8 Å². The minimum absolute atomic E-state index is 0.00276. The summed E-state index contributed by atoms with van der Waals surface area (Å²) in [4.78, 5) is 14.5. The van der Waals surface area contributed by atoms with Gasteiger partial charge in [0, 0.05) is 6.54 Å². The molecule has 0 radical (unpaired) electrons. The molecule has 128 valence electrons. The maximum absolute atomic E-state index is 12.0. The summed E-state index contributed by atoms with van der Waals surface area (Å²) in [6.07, 6.45) is 9.48. The Morgan fingerprint density at radius 1 is 1.09 bits per heavy atom. The molecular weight excluding hydrogens is 274 g/mol. The average molecular weight is 309 g/mol. The second-order valence-electron chi connectivity index (χ2n) is 7.36. The molecule has 0 aromatic rings. The Morgan fingerprint density at radius 2 is 1.73 bits per heavy atom. The minimum Gasteiger partial charge on any atom is -0.464 e. The zero-order valence-electron chi connectivity index (χ0n) is 15.0. The number of ether oxygens (including phenoxy) is 1. The summed E-state index contributed by atoms with van der Waals surface area (Å²) in [7, 11) is 0. The van der Waals surface area contributed by atoms with Gasteiger partial charge in [-0.1, -0.05) is 39.8 Å². The molecule has 0 saturated heterocycles. The van der Waals surface area contributed by atoms with Crippen LogP contribution in [0, 0.1) is 17.8 Å². The molecule has 1 unspecified atom stereocenters. The van der Waals surface area contributed by atoms with Crippen LogP contribution in [0.5, 0.6) is 0 Å². The zero-order valence-corrected chi connectivity index (χ0v) is 15.0. The summed E-state index contributed by atoms with van der Waals surface area (Å²) in [5, 5.41) is 0. The van der Waals surface area contributed by atoms with E-state index in [4.69, 9.17) is 4.74 Å². The SMILES string of the molecule is CC(C)CCN(CCOC(=O)C1CC=CCC1)CCC(C)C. The fraction of sp³-hybridized carbons (Fsp3) is 0.842. The first-order chi connectivity index (χ1) is 10.5. The van der Waals surface area contributed by atoms with Crippen molar-refractivity contribution < 1.29 is 9.53 Å². The molecule has 0 bridgehead atoms. The van der Waals surface area contributed by atoms with E-state index in [2.05, 4.69) is 44.7 Å². The summed E-state index contributed by atoms with van der Waals surface area (Å²) in [5.74, 6) is 1.53. The van der Waals surface area contributed by atoms with Gasteiger partial charge in [-0.2, -0.15) is 0 Å². The van der Waals surface area contributed by atoms with Crippen molar-refractivity contribution in [1.29, 1.82) is 0 Å². The molecule has 0 spiro atoms. The molecule has 3 heteroatoms. The minimum atomic E-state index is -0.00276. The van der Waals surface area contributed by atoms with Crippen LogP contribution in [0.3, 0.4) is 0 Å². The highest BCUT2D eigenvalue weighted by atomic mass is 16.5. The van der Waals surface area contributed by atoms with E-state index in [1.54, 1.807) is 0 Å². The normalized spacial score (nSPS) is 18.4. The molecule has 22 heavy (non-hydrogen) atoms. The summed E-state index contributed by atoms with van der Waals surface area (Å²) in [5.41, 5.74) is 0. The van der Waals surface area contributed by atoms with E-state index < -0.39 is 0 Å². The van der Waals surface area contributed by atoms with E-state index >= 15 is 0 Å². The molecule has 1 aliphatic rings. The van der Waals surface area contributed by atoms with Gasteiger partial charge in [-0.15, -0.1) is 0 Å². The van der Waals surface area contributed by atoms with Crippen LogP contribution in [0.15, 0.2) is 12.2 Å². The third kappa shape index (κ3) is 8.57. The van der Waals surface area contributed by atoms with E-state index in [1.165, 1.54) is 12.8 Å². The molecule has 1 atom stereocenters. The quantitative estimate of drug-likeness (QED) is 0.445. The lowest BCUT2D eigenvalue weighted by Gasteiger charge is -2.24. The topological polar surface area (TPSA) is 29.5 Å². The highest BCUT2D eigenvalue weighted by Gasteiger charge is 2.20. The van der Waals surface area contributed by atoms with Crippen LogP contribution in [0.4, 0.5) is 0 Å². The average Bonchev–Trinajstić information content (AvgIpc) is 2.49. The molecule has 0 aromatic heterocycles. The Bertz CT molecular complexity index is 324. The number of carbonyl (C=O) groups excluding carboxylic acids is 1. The van der Waals surface area contributed by atoms with Crippen molar-refractivity contribution >= 4 is 5.97 Å². The first-order valence-electron chi connectivity index (χ1n) is 9.03. The molecule has 0 heterocycles. The number of allylic oxidation sites excluding steroid dienone is 2. The van der Waals surface area contributed by atoms with Crippen LogP contribution in [0.25, 0.3) is 0 Å². The smallest absolute Gasteiger partial charge is 0.309 e. The van der Waals surface area contributed by atoms with E-state index in [9.17, 15) is 4.79 Å². The number of hydrogen-bond acceptors (Lipinski definition) is 3. The molecule has 0 aromatic carbocycles. The van der Waals surface area contributed by atoms with E-state index in [0.717, 1.165) is 50.7 Å². The van der Waals surface area contributed by atoms with Gasteiger partial charge in [-0.05, 0) is 57.0 Å². The predicted octanol–water partition coefficient (Wildman–Crippen LogP) is 4.28. The Morgan fingerprint density at radius 3 is 2.23 bits per heavy atom. The number of carbonyl (C=O) groups is 1. The van der Waals surface area contributed by atoms with E-state index in [0.29, 0.717) is 6.61 Å². The fourth-order valence-corrected chi connectivity index (χ4v) is 2.62. The molecule has 0 fully saturated rings. The first-order valence-corrected chi connectivity index (χ1v) is 9.03. The van der Waals surface area contributed by atoms with Crippen LogP contribution in [0.2, 0.25) is 0 Å². The predicted molar refractivity (Wildman–Crippen MR) is 92.8 cm³/mol. The third-order valence-corrected chi connectivity index (χ3v) is 4.30. The Labute approximate surface area is 137 Å². The Kier molecular flexibility index (Phi) is 9.45. The number of esters is 1. The van der Waals surface area contributed by atoms with Gasteiger partial charge < -0.3 is 4.74 Å². The summed E-state index contributed by atoms with van der Waals surface area (Å²) in [6.45, 7) is 12.7. The molecule has 0 aliphatic heterocycles. The van der Waals surface area contributed by atoms with Crippen molar-refractivity contribution in [3.05, 3.63) is 12.2 Å². The van der Waals surface area contributed by atoms with Gasteiger partial charge in [0.05, 0.1) is 5.92 Å². The molecular formula is C19H35NO2. The second-order valence-corrected chi connectivity index (χ2v) is 7.36. The first kappa shape index (κ1) is 19.2. The zero-order chi connectivity index (χ0) is 16.4. The Balaban J connectivity index is 2.28. The van der Waals surface area contributed by atoms with Gasteiger partial charge in [-0.3, -0.25) is 9.69 Å². The lowest BCUT2D eigenvalue weighted by molar-refractivity contribution is -0.149. The van der Waals surface area contributed by atoms with Crippen LogP contribution in [-0.4, -0.2) is 37.1 Å². The summed E-state index contributed by atoms with van der Waals surface area (Å²) in [6, 6.07) is 0. The van der Waals surface area contributed by atoms with Crippen LogP contribution in [-0.2, 0) is 9.53 Å². The highest BCUT2D eigenvalue weighted by Crippen LogP contribution is 2.19. The summed E-state index contributed by atoms with van der Waals surface area (Å²) >= 11 is 0. The lowest BCUT2D eigenvalue weighted by atomic mass is 9.95. The number of hydrogen-bond donors (Lipinski definition) is 0. The van der Waals surface area contributed by atoms with Gasteiger partial charge in [0.25, 0.3) is 0 Å². The van der Waals surface area contributed by atoms with Gasteiger partial charge in [0.2, 0.25) is 0 Å². The van der Waals surface area contributed by atoms with Gasteiger partial charge in [0.1, 0.15) is 6.61 Å². The highest BCUT2D eigenvalue weighted by molar-refractivity contribution is 5.72. The van der Waals surface area contributed by atoms with Crippen molar-refractivity contribution in [2.24, 2.45) is 17.8 Å². The maximum atomic E-state index is 12.0.